The fraction of sp³-hybridized carbons (Fsp3) is 0.600. The molecule has 21 heavy (non-hydrogen) atoms. The van der Waals surface area contributed by atoms with Gasteiger partial charge in [-0.3, -0.25) is 4.55 Å². The van der Waals surface area contributed by atoms with Crippen molar-refractivity contribution >= 4 is 11.3 Å². The Hall–Kier alpha value is -0.980. The highest BCUT2D eigenvalue weighted by molar-refractivity contribution is 7.77. The van der Waals surface area contributed by atoms with Crippen molar-refractivity contribution < 1.29 is 17.9 Å². The maximum Gasteiger partial charge on any atom is 0.231 e. The average molecular weight is 315 g/mol. The van der Waals surface area contributed by atoms with Gasteiger partial charge < -0.3 is 4.74 Å². The molecule has 2 rings (SSSR count). The first-order valence-electron chi connectivity index (χ1n) is 7.38. The van der Waals surface area contributed by atoms with Crippen molar-refractivity contribution in [3.63, 3.8) is 0 Å². The van der Waals surface area contributed by atoms with Gasteiger partial charge in [0.05, 0.1) is 6.61 Å². The molecule has 3 atom stereocenters. The first kappa shape index (κ1) is 16.4. The van der Waals surface area contributed by atoms with Crippen LogP contribution in [0.25, 0.3) is 0 Å². The van der Waals surface area contributed by atoms with E-state index >= 15 is 0 Å². The van der Waals surface area contributed by atoms with Gasteiger partial charge in [0.2, 0.25) is 11.3 Å². The van der Waals surface area contributed by atoms with E-state index in [-0.39, 0.29) is 5.82 Å². The largest absolute Gasteiger partial charge is 0.493 e. The Labute approximate surface area is 127 Å². The first-order chi connectivity index (χ1) is 10.1. The van der Waals surface area contributed by atoms with E-state index in [0.717, 1.165) is 19.3 Å². The molecule has 1 aliphatic carbocycles. The van der Waals surface area contributed by atoms with E-state index in [2.05, 4.69) is 4.72 Å². The van der Waals surface area contributed by atoms with Crippen LogP contribution in [0.1, 0.15) is 32.1 Å². The smallest absolute Gasteiger partial charge is 0.231 e. The minimum absolute atomic E-state index is 0.290. The van der Waals surface area contributed by atoms with Crippen molar-refractivity contribution in [1.82, 2.24) is 4.72 Å². The molecule has 1 aromatic rings. The Bertz CT molecular complexity index is 472. The summed E-state index contributed by atoms with van der Waals surface area (Å²) in [5.41, 5.74) is 0. The molecular formula is C15H22FNO3S. The van der Waals surface area contributed by atoms with Gasteiger partial charge >= 0.3 is 0 Å². The molecule has 0 amide bonds. The van der Waals surface area contributed by atoms with Crippen LogP contribution in [-0.4, -0.2) is 21.9 Å². The second-order valence-corrected chi connectivity index (χ2v) is 6.29. The predicted molar refractivity (Wildman–Crippen MR) is 80.7 cm³/mol. The molecule has 2 N–H and O–H groups in total. The van der Waals surface area contributed by atoms with Gasteiger partial charge in [-0.15, -0.1) is 0 Å². The maximum absolute atomic E-state index is 13.1. The predicted octanol–water partition coefficient (Wildman–Crippen LogP) is 3.13. The number of halogens is 1. The van der Waals surface area contributed by atoms with Gasteiger partial charge in [-0.2, -0.15) is 0 Å². The topological polar surface area (TPSA) is 58.6 Å². The molecule has 3 unspecified atom stereocenters. The third-order valence-electron chi connectivity index (χ3n) is 4.07. The van der Waals surface area contributed by atoms with E-state index in [9.17, 15) is 8.60 Å². The summed E-state index contributed by atoms with van der Waals surface area (Å²) in [5.74, 6) is 1.19. The van der Waals surface area contributed by atoms with Crippen LogP contribution in [0, 0.1) is 17.7 Å². The minimum atomic E-state index is -1.94. The molecule has 6 heteroatoms. The van der Waals surface area contributed by atoms with E-state index in [1.807, 2.05) is 0 Å². The van der Waals surface area contributed by atoms with Crippen molar-refractivity contribution in [2.75, 3.05) is 13.2 Å². The van der Waals surface area contributed by atoms with Crippen LogP contribution in [0.4, 0.5) is 4.39 Å². The zero-order chi connectivity index (χ0) is 15.1. The van der Waals surface area contributed by atoms with Crippen molar-refractivity contribution in [3.8, 4) is 5.75 Å². The summed E-state index contributed by atoms with van der Waals surface area (Å²) < 4.78 is 40.7. The number of nitrogens with one attached hydrogen (secondary N) is 1. The van der Waals surface area contributed by atoms with Crippen LogP contribution < -0.4 is 9.46 Å². The monoisotopic (exact) mass is 315 g/mol. The summed E-state index contributed by atoms with van der Waals surface area (Å²) >= 11 is -1.94. The molecule has 0 bridgehead atoms. The van der Waals surface area contributed by atoms with Gasteiger partial charge in [0, 0.05) is 12.6 Å². The zero-order valence-corrected chi connectivity index (χ0v) is 12.8. The second-order valence-electron chi connectivity index (χ2n) is 5.51. The van der Waals surface area contributed by atoms with E-state index in [0.29, 0.717) is 30.7 Å². The lowest BCUT2D eigenvalue weighted by atomic mass is 9.78. The third kappa shape index (κ3) is 5.73. The standard InChI is InChI=1S/C15H22FNO3S/c16-14-6-3-7-15(10-14)20-11-13-5-2-1-4-12(13)8-9-17-21(18)19/h3,6-7,10,12-13,17H,1-2,4-5,8-9,11H2,(H,18,19). The lowest BCUT2D eigenvalue weighted by Crippen LogP contribution is -2.29. The summed E-state index contributed by atoms with van der Waals surface area (Å²) in [7, 11) is 0. The van der Waals surface area contributed by atoms with Crippen LogP contribution in [0.15, 0.2) is 24.3 Å². The van der Waals surface area contributed by atoms with Crippen LogP contribution >= 0.6 is 0 Å². The fourth-order valence-corrected chi connectivity index (χ4v) is 3.27. The summed E-state index contributed by atoms with van der Waals surface area (Å²) in [4.78, 5) is 0. The molecular weight excluding hydrogens is 293 g/mol. The highest BCUT2D eigenvalue weighted by Gasteiger charge is 2.25. The molecule has 1 fully saturated rings. The van der Waals surface area contributed by atoms with Crippen molar-refractivity contribution in [3.05, 3.63) is 30.1 Å². The van der Waals surface area contributed by atoms with Crippen molar-refractivity contribution in [1.29, 1.82) is 0 Å². The summed E-state index contributed by atoms with van der Waals surface area (Å²) in [6.07, 6.45) is 5.47. The zero-order valence-electron chi connectivity index (χ0n) is 12.0. The molecule has 0 aromatic heterocycles. The quantitative estimate of drug-likeness (QED) is 0.760. The van der Waals surface area contributed by atoms with Crippen molar-refractivity contribution in [2.24, 2.45) is 11.8 Å². The molecule has 1 saturated carbocycles. The second kappa shape index (κ2) is 8.46. The molecule has 1 aromatic carbocycles. The number of ether oxygens (including phenoxy) is 1. The molecule has 4 nitrogen and oxygen atoms in total. The van der Waals surface area contributed by atoms with Gasteiger partial charge in [0.25, 0.3) is 0 Å². The van der Waals surface area contributed by atoms with Crippen LogP contribution in [0.2, 0.25) is 0 Å². The van der Waals surface area contributed by atoms with Gasteiger partial charge in [-0.1, -0.05) is 25.3 Å². The molecule has 0 heterocycles. The number of hydrogen-bond acceptors (Lipinski definition) is 2. The Kier molecular flexibility index (Phi) is 6.60. The van der Waals surface area contributed by atoms with Gasteiger partial charge in [0.1, 0.15) is 11.6 Å². The van der Waals surface area contributed by atoms with E-state index in [1.54, 1.807) is 12.1 Å². The van der Waals surface area contributed by atoms with Crippen LogP contribution in [0.3, 0.4) is 0 Å². The Balaban J connectivity index is 1.82. The lowest BCUT2D eigenvalue weighted by Gasteiger charge is -2.31. The Morgan fingerprint density at radius 3 is 2.81 bits per heavy atom. The normalized spacial score (nSPS) is 23.7. The molecule has 1 aliphatic rings. The number of hydrogen-bond donors (Lipinski definition) is 2. The van der Waals surface area contributed by atoms with Crippen molar-refractivity contribution in [2.45, 2.75) is 32.1 Å². The third-order valence-corrected chi connectivity index (χ3v) is 4.52. The molecule has 118 valence electrons. The highest BCUT2D eigenvalue weighted by Crippen LogP contribution is 2.32. The summed E-state index contributed by atoms with van der Waals surface area (Å²) in [6.45, 7) is 1.11. The van der Waals surface area contributed by atoms with E-state index in [4.69, 9.17) is 9.29 Å². The lowest BCUT2D eigenvalue weighted by molar-refractivity contribution is 0.143. The molecule has 0 saturated heterocycles. The van der Waals surface area contributed by atoms with Gasteiger partial charge in [-0.25, -0.2) is 13.3 Å². The number of rotatable bonds is 7. The summed E-state index contributed by atoms with van der Waals surface area (Å²) in [5, 5.41) is 0. The van der Waals surface area contributed by atoms with Crippen LogP contribution in [-0.2, 0) is 11.3 Å². The van der Waals surface area contributed by atoms with E-state index in [1.165, 1.54) is 25.0 Å². The molecule has 0 spiro atoms. The van der Waals surface area contributed by atoms with Gasteiger partial charge in [0.15, 0.2) is 0 Å². The number of benzene rings is 1. The SMILES string of the molecule is O=S(O)NCCC1CCCCC1COc1cccc(F)c1. The minimum Gasteiger partial charge on any atom is -0.493 e. The fourth-order valence-electron chi connectivity index (χ4n) is 2.98. The summed E-state index contributed by atoms with van der Waals surface area (Å²) in [6, 6.07) is 6.20. The van der Waals surface area contributed by atoms with E-state index < -0.39 is 11.3 Å². The van der Waals surface area contributed by atoms with Gasteiger partial charge in [-0.05, 0) is 36.8 Å². The maximum atomic E-state index is 13.1. The Morgan fingerprint density at radius 1 is 1.33 bits per heavy atom. The Morgan fingerprint density at radius 2 is 2.10 bits per heavy atom. The highest BCUT2D eigenvalue weighted by atomic mass is 32.2. The average Bonchev–Trinajstić information content (AvgIpc) is 2.46. The molecule has 0 radical (unpaired) electrons. The first-order valence-corrected chi connectivity index (χ1v) is 8.48. The van der Waals surface area contributed by atoms with Crippen LogP contribution in [0.5, 0.6) is 5.75 Å². The molecule has 0 aliphatic heterocycles.